The molecule has 0 aromatic heterocycles. The van der Waals surface area contributed by atoms with Gasteiger partial charge in [-0.15, -0.1) is 0 Å². The molecule has 4 rings (SSSR count). The molecule has 294 valence electrons. The van der Waals surface area contributed by atoms with Crippen molar-refractivity contribution < 1.29 is 48.1 Å². The summed E-state index contributed by atoms with van der Waals surface area (Å²) in [7, 11) is 13.0. The van der Waals surface area contributed by atoms with E-state index in [-0.39, 0.29) is 25.0 Å². The van der Waals surface area contributed by atoms with Crippen molar-refractivity contribution in [2.75, 3.05) is 70.1 Å². The molecule has 0 aliphatic carbocycles. The molecule has 0 heterocycles. The second kappa shape index (κ2) is 21.2. The molecule has 0 saturated carbocycles. The molecular formula is C44H58O10. The van der Waals surface area contributed by atoms with Crippen LogP contribution in [0.5, 0.6) is 46.0 Å². The minimum absolute atomic E-state index is 0.0160. The first-order valence-electron chi connectivity index (χ1n) is 18.4. The number of aliphatic hydroxyl groups excluding tert-OH is 2. The zero-order valence-electron chi connectivity index (χ0n) is 33.2. The van der Waals surface area contributed by atoms with Gasteiger partial charge in [-0.1, -0.05) is 24.3 Å². The highest BCUT2D eigenvalue weighted by Crippen LogP contribution is 2.40. The van der Waals surface area contributed by atoms with Crippen molar-refractivity contribution in [3.05, 3.63) is 94.0 Å². The van der Waals surface area contributed by atoms with Gasteiger partial charge >= 0.3 is 0 Å². The summed E-state index contributed by atoms with van der Waals surface area (Å²) in [6, 6.07) is 20.6. The van der Waals surface area contributed by atoms with E-state index in [1.807, 2.05) is 36.4 Å². The van der Waals surface area contributed by atoms with E-state index in [4.69, 9.17) is 37.9 Å². The lowest BCUT2D eigenvalue weighted by Gasteiger charge is -2.27. The quantitative estimate of drug-likeness (QED) is 0.0815. The van der Waals surface area contributed by atoms with Gasteiger partial charge in [-0.25, -0.2) is 0 Å². The largest absolute Gasteiger partial charge is 0.496 e. The van der Waals surface area contributed by atoms with Crippen molar-refractivity contribution in [1.29, 1.82) is 0 Å². The number of benzene rings is 4. The smallest absolute Gasteiger partial charge is 0.203 e. The van der Waals surface area contributed by atoms with Gasteiger partial charge in [-0.2, -0.15) is 0 Å². The van der Waals surface area contributed by atoms with E-state index in [0.29, 0.717) is 47.3 Å². The number of rotatable bonds is 23. The van der Waals surface area contributed by atoms with Crippen LogP contribution in [0.2, 0.25) is 0 Å². The third-order valence-electron chi connectivity index (χ3n) is 10.1. The van der Waals surface area contributed by atoms with E-state index < -0.39 is 0 Å². The van der Waals surface area contributed by atoms with Crippen molar-refractivity contribution >= 4 is 0 Å². The van der Waals surface area contributed by atoms with Gasteiger partial charge in [-0.3, -0.25) is 0 Å². The fourth-order valence-electron chi connectivity index (χ4n) is 7.27. The third kappa shape index (κ3) is 10.7. The SMILES string of the molecule is COc1ccc(C[C@H](CO)[C@@H](CCCO)Cc2ccc(OC)c(CCc3cc(OC)c(OC)c(OC)c3)c2)cc1CCc1cc(OC)c(OC)c(OC)c1. The number of ether oxygens (including phenoxy) is 8. The molecule has 10 heteroatoms. The van der Waals surface area contributed by atoms with Gasteiger partial charge in [0.2, 0.25) is 11.5 Å². The lowest BCUT2D eigenvalue weighted by Crippen LogP contribution is -2.24. The van der Waals surface area contributed by atoms with Crippen molar-refractivity contribution in [3.8, 4) is 46.0 Å². The van der Waals surface area contributed by atoms with Gasteiger partial charge in [-0.05, 0) is 133 Å². The molecule has 0 aliphatic heterocycles. The van der Waals surface area contributed by atoms with E-state index in [0.717, 1.165) is 83.4 Å². The minimum Gasteiger partial charge on any atom is -0.496 e. The van der Waals surface area contributed by atoms with Gasteiger partial charge in [0, 0.05) is 13.2 Å². The first-order chi connectivity index (χ1) is 26.3. The molecule has 4 aromatic rings. The Bertz CT molecular complexity index is 1720. The van der Waals surface area contributed by atoms with Crippen LogP contribution in [-0.2, 0) is 38.5 Å². The normalized spacial score (nSPS) is 12.1. The lowest BCUT2D eigenvalue weighted by molar-refractivity contribution is 0.158. The fourth-order valence-corrected chi connectivity index (χ4v) is 7.27. The molecule has 4 aromatic carbocycles. The Morgan fingerprint density at radius 2 is 0.815 bits per heavy atom. The van der Waals surface area contributed by atoms with Crippen LogP contribution >= 0.6 is 0 Å². The Balaban J connectivity index is 1.53. The van der Waals surface area contributed by atoms with Crippen LogP contribution in [0.3, 0.4) is 0 Å². The second-order valence-electron chi connectivity index (χ2n) is 13.3. The van der Waals surface area contributed by atoms with E-state index in [1.54, 1.807) is 56.9 Å². The molecule has 0 saturated heterocycles. The second-order valence-corrected chi connectivity index (χ2v) is 13.3. The maximum absolute atomic E-state index is 10.8. The third-order valence-corrected chi connectivity index (χ3v) is 10.1. The zero-order chi connectivity index (χ0) is 39.0. The van der Waals surface area contributed by atoms with Gasteiger partial charge < -0.3 is 48.1 Å². The molecule has 54 heavy (non-hydrogen) atoms. The summed E-state index contributed by atoms with van der Waals surface area (Å²) in [5.41, 5.74) is 6.58. The van der Waals surface area contributed by atoms with E-state index in [2.05, 4.69) is 24.3 Å². The number of aliphatic hydroxyl groups is 2. The van der Waals surface area contributed by atoms with Gasteiger partial charge in [0.1, 0.15) is 11.5 Å². The summed E-state index contributed by atoms with van der Waals surface area (Å²) >= 11 is 0. The molecule has 0 spiro atoms. The van der Waals surface area contributed by atoms with Crippen LogP contribution in [0.25, 0.3) is 0 Å². The molecule has 0 radical (unpaired) electrons. The van der Waals surface area contributed by atoms with Crippen LogP contribution in [0.15, 0.2) is 60.7 Å². The average Bonchev–Trinajstić information content (AvgIpc) is 3.21. The fraction of sp³-hybridized carbons (Fsp3) is 0.455. The standard InChI is InChI=1S/C44H58O10/c1-47-37-17-13-29(21-34(37)15-11-31-24-39(49-3)43(53-7)40(25-31)50-4)20-33(10-9-19-45)36(28-46)23-30-14-18-38(48-2)35(22-30)16-12-32-26-41(51-5)44(54-8)42(27-32)52-6/h13-14,17-18,21-22,24-27,33,36,45-46H,9-12,15-16,19-20,23,28H2,1-8H3/t33-,36+/m0/s1. The molecule has 0 fully saturated rings. The van der Waals surface area contributed by atoms with Crippen molar-refractivity contribution in [1.82, 2.24) is 0 Å². The lowest BCUT2D eigenvalue weighted by atomic mass is 9.80. The van der Waals surface area contributed by atoms with E-state index >= 15 is 0 Å². The molecule has 10 nitrogen and oxygen atoms in total. The van der Waals surface area contributed by atoms with Crippen LogP contribution in [0, 0.1) is 11.8 Å². The van der Waals surface area contributed by atoms with Gasteiger partial charge in [0.15, 0.2) is 23.0 Å². The molecule has 0 amide bonds. The molecule has 2 N–H and O–H groups in total. The van der Waals surface area contributed by atoms with Crippen molar-refractivity contribution in [2.45, 2.75) is 51.4 Å². The first-order valence-corrected chi connectivity index (χ1v) is 18.4. The maximum Gasteiger partial charge on any atom is 0.203 e. The van der Waals surface area contributed by atoms with E-state index in [9.17, 15) is 10.2 Å². The predicted octanol–water partition coefficient (Wildman–Crippen LogP) is 7.11. The Labute approximate surface area is 320 Å². The van der Waals surface area contributed by atoms with E-state index in [1.165, 1.54) is 0 Å². The van der Waals surface area contributed by atoms with Gasteiger partial charge in [0.05, 0.1) is 56.9 Å². The summed E-state index contributed by atoms with van der Waals surface area (Å²) in [5, 5.41) is 20.6. The monoisotopic (exact) mass is 746 g/mol. The van der Waals surface area contributed by atoms with Gasteiger partial charge in [0.25, 0.3) is 0 Å². The summed E-state index contributed by atoms with van der Waals surface area (Å²) < 4.78 is 44.8. The summed E-state index contributed by atoms with van der Waals surface area (Å²) in [6.45, 7) is 0.137. The highest BCUT2D eigenvalue weighted by molar-refractivity contribution is 5.55. The molecule has 0 bridgehead atoms. The summed E-state index contributed by atoms with van der Waals surface area (Å²) in [4.78, 5) is 0. The minimum atomic E-state index is -0.0160. The molecule has 0 unspecified atom stereocenters. The number of hydrogen-bond donors (Lipinski definition) is 2. The summed E-state index contributed by atoms with van der Waals surface area (Å²) in [6.07, 6.45) is 5.85. The maximum atomic E-state index is 10.8. The predicted molar refractivity (Wildman–Crippen MR) is 211 cm³/mol. The van der Waals surface area contributed by atoms with Crippen LogP contribution < -0.4 is 37.9 Å². The van der Waals surface area contributed by atoms with Crippen molar-refractivity contribution in [2.24, 2.45) is 11.8 Å². The van der Waals surface area contributed by atoms with Crippen molar-refractivity contribution in [3.63, 3.8) is 0 Å². The number of aryl methyl sites for hydroxylation is 4. The molecule has 2 atom stereocenters. The highest BCUT2D eigenvalue weighted by Gasteiger charge is 2.23. The van der Waals surface area contributed by atoms with Crippen LogP contribution in [0.4, 0.5) is 0 Å². The zero-order valence-corrected chi connectivity index (χ0v) is 33.2. The topological polar surface area (TPSA) is 114 Å². The van der Waals surface area contributed by atoms with Crippen LogP contribution in [0.1, 0.15) is 46.2 Å². The Morgan fingerprint density at radius 3 is 1.15 bits per heavy atom. The first kappa shape index (κ1) is 41.9. The Hall–Kier alpha value is -4.80. The Kier molecular flexibility index (Phi) is 16.5. The Morgan fingerprint density at radius 1 is 0.426 bits per heavy atom. The number of methoxy groups -OCH3 is 8. The molecule has 0 aliphatic rings. The average molecular weight is 747 g/mol. The molecular weight excluding hydrogens is 688 g/mol. The highest BCUT2D eigenvalue weighted by atomic mass is 16.5. The summed E-state index contributed by atoms with van der Waals surface area (Å²) in [5.74, 6) is 5.39. The number of hydrogen-bond acceptors (Lipinski definition) is 10. The van der Waals surface area contributed by atoms with Crippen LogP contribution in [-0.4, -0.2) is 80.3 Å².